The van der Waals surface area contributed by atoms with Crippen molar-refractivity contribution in [3.05, 3.63) is 12.2 Å². The highest BCUT2D eigenvalue weighted by Crippen LogP contribution is 1.78. The van der Waals surface area contributed by atoms with Crippen LogP contribution in [0.25, 0.3) is 0 Å². The second-order valence-electron chi connectivity index (χ2n) is 1.17. The van der Waals surface area contributed by atoms with Gasteiger partial charge in [0.15, 0.2) is 6.29 Å². The Balaban J connectivity index is 2.98. The second-order valence-corrected chi connectivity index (χ2v) is 1.17. The average Bonchev–Trinajstić information content (AvgIpc) is 2.32. The number of rotatable bonds is 1. The predicted molar refractivity (Wildman–Crippen MR) is 26.4 cm³/mol. The normalized spacial score (nSPS) is 16.2. The lowest BCUT2D eigenvalue weighted by Gasteiger charge is -1.76. The summed E-state index contributed by atoms with van der Waals surface area (Å²) in [7, 11) is 0. The van der Waals surface area contributed by atoms with E-state index in [9.17, 15) is 4.79 Å². The molecule has 1 aromatic rings. The van der Waals surface area contributed by atoms with Crippen molar-refractivity contribution in [3.8, 4) is 0 Å². The number of hydrogen-bond donors (Lipinski definition) is 0. The molecule has 0 spiro atoms. The molecular weight excluding hydrogens is 106 g/mol. The summed E-state index contributed by atoms with van der Waals surface area (Å²) in [5, 5.41) is 3.38. The molecule has 0 radical (unpaired) electrons. The van der Waals surface area contributed by atoms with Crippen LogP contribution in [-0.2, 0) is 6.98 Å². The Morgan fingerprint density at radius 2 is 3.00 bits per heavy atom. The van der Waals surface area contributed by atoms with E-state index in [2.05, 4.69) is 10.1 Å². The summed E-state index contributed by atoms with van der Waals surface area (Å²) >= 11 is 0. The standard InChI is InChI=1S/C4H5N3O/c1-7-3-5-4(2-8)6-7/h2-3H,1H3/i1D3. The van der Waals surface area contributed by atoms with Crippen LogP contribution < -0.4 is 0 Å². The van der Waals surface area contributed by atoms with E-state index < -0.39 is 6.98 Å². The van der Waals surface area contributed by atoms with Gasteiger partial charge in [0, 0.05) is 11.1 Å². The number of nitrogens with zero attached hydrogens (tertiary/aromatic N) is 3. The first-order chi connectivity index (χ1) is 5.04. The Morgan fingerprint density at radius 3 is 3.38 bits per heavy atom. The third kappa shape index (κ3) is 0.726. The Hall–Kier alpha value is -1.19. The molecule has 0 aliphatic rings. The first-order valence-corrected chi connectivity index (χ1v) is 1.91. The third-order valence-corrected chi connectivity index (χ3v) is 0.615. The van der Waals surface area contributed by atoms with Crippen LogP contribution in [0.4, 0.5) is 0 Å². The Kier molecular flexibility index (Phi) is 0.517. The van der Waals surface area contributed by atoms with Crippen LogP contribution in [0.5, 0.6) is 0 Å². The van der Waals surface area contributed by atoms with Crippen molar-refractivity contribution >= 4 is 6.29 Å². The Bertz CT molecular complexity index is 266. The molecule has 0 atom stereocenters. The topological polar surface area (TPSA) is 47.8 Å². The SMILES string of the molecule is [2H]C([2H])([2H])n1cnc(C=O)n1. The molecule has 1 aromatic heterocycles. The molecule has 0 unspecified atom stereocenters. The van der Waals surface area contributed by atoms with Gasteiger partial charge in [-0.05, 0) is 0 Å². The predicted octanol–water partition coefficient (Wildman–Crippen LogP) is -0.372. The van der Waals surface area contributed by atoms with Crippen LogP contribution in [0.2, 0.25) is 0 Å². The van der Waals surface area contributed by atoms with Crippen molar-refractivity contribution in [2.75, 3.05) is 0 Å². The van der Waals surface area contributed by atoms with Gasteiger partial charge in [0.2, 0.25) is 5.82 Å². The molecule has 0 amide bonds. The van der Waals surface area contributed by atoms with Crippen molar-refractivity contribution in [2.24, 2.45) is 6.98 Å². The van der Waals surface area contributed by atoms with Gasteiger partial charge in [0.1, 0.15) is 6.33 Å². The summed E-state index contributed by atoms with van der Waals surface area (Å²) in [6.45, 7) is -2.35. The number of aryl methyl sites for hydroxylation is 1. The van der Waals surface area contributed by atoms with Crippen LogP contribution in [0, 0.1) is 0 Å². The Labute approximate surface area is 50.4 Å². The fourth-order valence-electron chi connectivity index (χ4n) is 0.330. The van der Waals surface area contributed by atoms with Crippen LogP contribution in [0.1, 0.15) is 14.7 Å². The molecular formula is C4H5N3O. The Morgan fingerprint density at radius 1 is 2.12 bits per heavy atom. The van der Waals surface area contributed by atoms with E-state index in [1.165, 1.54) is 0 Å². The maximum Gasteiger partial charge on any atom is 0.213 e. The van der Waals surface area contributed by atoms with Gasteiger partial charge in [0.25, 0.3) is 0 Å². The van der Waals surface area contributed by atoms with E-state index in [1.54, 1.807) is 0 Å². The fraction of sp³-hybridized carbons (Fsp3) is 0.250. The first-order valence-electron chi connectivity index (χ1n) is 3.41. The van der Waals surface area contributed by atoms with E-state index in [0.717, 1.165) is 6.33 Å². The van der Waals surface area contributed by atoms with Gasteiger partial charge in [-0.1, -0.05) is 0 Å². The fourth-order valence-corrected chi connectivity index (χ4v) is 0.330. The molecule has 1 rings (SSSR count). The van der Waals surface area contributed by atoms with Gasteiger partial charge in [-0.15, -0.1) is 5.10 Å². The summed E-state index contributed by atoms with van der Waals surface area (Å²) in [4.78, 5) is 13.4. The molecule has 0 N–H and O–H groups in total. The molecule has 4 nitrogen and oxygen atoms in total. The van der Waals surface area contributed by atoms with Crippen molar-refractivity contribution in [3.63, 3.8) is 0 Å². The summed E-state index contributed by atoms with van der Waals surface area (Å²) in [5.41, 5.74) is 0. The number of carbonyl (C=O) groups excluding carboxylic acids is 1. The molecule has 1 heterocycles. The molecule has 0 aliphatic carbocycles. The smallest absolute Gasteiger partial charge is 0.213 e. The highest BCUT2D eigenvalue weighted by atomic mass is 16.1. The zero-order valence-electron chi connectivity index (χ0n) is 6.90. The molecule has 0 aliphatic heterocycles. The largest absolute Gasteiger partial charge is 0.294 e. The van der Waals surface area contributed by atoms with E-state index in [1.807, 2.05) is 0 Å². The molecule has 0 saturated heterocycles. The number of aromatic nitrogens is 3. The van der Waals surface area contributed by atoms with E-state index in [0.29, 0.717) is 11.0 Å². The van der Waals surface area contributed by atoms with E-state index in [4.69, 9.17) is 4.11 Å². The lowest BCUT2D eigenvalue weighted by atomic mass is 10.7. The third-order valence-electron chi connectivity index (χ3n) is 0.615. The van der Waals surface area contributed by atoms with Gasteiger partial charge < -0.3 is 0 Å². The molecule has 42 valence electrons. The van der Waals surface area contributed by atoms with Gasteiger partial charge >= 0.3 is 0 Å². The zero-order chi connectivity index (χ0) is 8.48. The summed E-state index contributed by atoms with van der Waals surface area (Å²) in [6.07, 6.45) is 1.39. The van der Waals surface area contributed by atoms with E-state index >= 15 is 0 Å². The minimum atomic E-state index is -2.35. The average molecular weight is 114 g/mol. The summed E-state index contributed by atoms with van der Waals surface area (Å²) in [6, 6.07) is 0. The molecule has 0 saturated carbocycles. The van der Waals surface area contributed by atoms with Crippen LogP contribution in [0.15, 0.2) is 6.33 Å². The van der Waals surface area contributed by atoms with Gasteiger partial charge in [-0.2, -0.15) is 0 Å². The minimum Gasteiger partial charge on any atom is -0.294 e. The molecule has 0 bridgehead atoms. The molecule has 0 aromatic carbocycles. The summed E-state index contributed by atoms with van der Waals surface area (Å²) < 4.78 is 21.2. The van der Waals surface area contributed by atoms with Crippen molar-refractivity contribution in [1.29, 1.82) is 0 Å². The molecule has 4 heteroatoms. The van der Waals surface area contributed by atoms with Gasteiger partial charge in [-0.3, -0.25) is 9.48 Å². The van der Waals surface area contributed by atoms with Crippen LogP contribution in [0.3, 0.4) is 0 Å². The maximum atomic E-state index is 10.0. The van der Waals surface area contributed by atoms with Crippen molar-refractivity contribution in [1.82, 2.24) is 14.8 Å². The number of hydrogen-bond acceptors (Lipinski definition) is 3. The monoisotopic (exact) mass is 114 g/mol. The van der Waals surface area contributed by atoms with Crippen molar-refractivity contribution < 1.29 is 8.91 Å². The maximum absolute atomic E-state index is 10.0. The number of carbonyl (C=O) groups is 1. The van der Waals surface area contributed by atoms with E-state index in [-0.39, 0.29) is 5.82 Å². The second kappa shape index (κ2) is 1.73. The highest BCUT2D eigenvalue weighted by Gasteiger charge is 1.90. The van der Waals surface area contributed by atoms with Crippen LogP contribution in [-0.4, -0.2) is 21.1 Å². The number of aldehydes is 1. The quantitative estimate of drug-likeness (QED) is 0.468. The summed E-state index contributed by atoms with van der Waals surface area (Å²) in [5.74, 6) is -0.124. The molecule has 0 fully saturated rings. The van der Waals surface area contributed by atoms with Crippen molar-refractivity contribution in [2.45, 2.75) is 0 Å². The minimum absolute atomic E-state index is 0.124. The highest BCUT2D eigenvalue weighted by molar-refractivity contribution is 5.68. The lowest BCUT2D eigenvalue weighted by molar-refractivity contribution is 0.111. The van der Waals surface area contributed by atoms with Gasteiger partial charge in [0.05, 0.1) is 0 Å². The molecule has 8 heavy (non-hydrogen) atoms. The van der Waals surface area contributed by atoms with Crippen LogP contribution >= 0.6 is 0 Å². The van der Waals surface area contributed by atoms with Gasteiger partial charge in [-0.25, -0.2) is 4.98 Å². The first kappa shape index (κ1) is 2.39. The lowest BCUT2D eigenvalue weighted by Crippen LogP contribution is -1.88. The zero-order valence-corrected chi connectivity index (χ0v) is 3.90.